The van der Waals surface area contributed by atoms with Crippen LogP contribution in [0, 0.1) is 22.7 Å². The summed E-state index contributed by atoms with van der Waals surface area (Å²) in [6, 6.07) is 3.05. The second-order valence-electron chi connectivity index (χ2n) is 12.8. The summed E-state index contributed by atoms with van der Waals surface area (Å²) >= 11 is 0. The summed E-state index contributed by atoms with van der Waals surface area (Å²) in [7, 11) is -1.42. The van der Waals surface area contributed by atoms with E-state index in [0.717, 1.165) is 0 Å². The highest BCUT2D eigenvalue weighted by molar-refractivity contribution is 7.84. The third-order valence-corrected chi connectivity index (χ3v) is 8.82. The van der Waals surface area contributed by atoms with E-state index in [9.17, 15) is 23.0 Å². The fourth-order valence-corrected chi connectivity index (χ4v) is 5.79. The van der Waals surface area contributed by atoms with E-state index < -0.39 is 50.8 Å². The van der Waals surface area contributed by atoms with Crippen LogP contribution < -0.4 is 10.0 Å². The van der Waals surface area contributed by atoms with Gasteiger partial charge in [0.15, 0.2) is 5.65 Å². The molecule has 2 N–H and O–H groups in total. The highest BCUT2D eigenvalue weighted by atomic mass is 32.2. The van der Waals surface area contributed by atoms with Crippen LogP contribution in [-0.2, 0) is 15.7 Å². The molecule has 0 bridgehead atoms. The minimum Gasteiger partial charge on any atom is -0.444 e. The summed E-state index contributed by atoms with van der Waals surface area (Å²) in [5, 5.41) is 17.3. The van der Waals surface area contributed by atoms with E-state index in [-0.39, 0.29) is 31.6 Å². The van der Waals surface area contributed by atoms with Crippen molar-refractivity contribution in [2.75, 3.05) is 0 Å². The number of halogens is 2. The molecule has 0 aromatic carbocycles. The number of ether oxygens (including phenoxy) is 1. The van der Waals surface area contributed by atoms with Crippen molar-refractivity contribution in [3.05, 3.63) is 29.7 Å². The molecule has 0 aliphatic heterocycles. The molecule has 0 saturated heterocycles. The quantitative estimate of drug-likeness (QED) is 0.457. The Hall–Kier alpha value is -2.65. The van der Waals surface area contributed by atoms with E-state index in [0.29, 0.717) is 29.7 Å². The van der Waals surface area contributed by atoms with Crippen molar-refractivity contribution >= 4 is 22.7 Å². The molecular formula is C27H38F2N6O3S. The van der Waals surface area contributed by atoms with Gasteiger partial charge in [0.05, 0.1) is 57.4 Å². The maximum atomic E-state index is 13.9. The third kappa shape index (κ3) is 6.92. The van der Waals surface area contributed by atoms with Crippen molar-refractivity contribution in [2.45, 2.75) is 108 Å². The summed E-state index contributed by atoms with van der Waals surface area (Å²) in [6.45, 7) is 10.8. The van der Waals surface area contributed by atoms with Gasteiger partial charge in [0.25, 0.3) is 0 Å². The summed E-state index contributed by atoms with van der Waals surface area (Å²) < 4.78 is 50.4. The SMILES string of the molecule is CC(C)(C)OC(=O)N[C@H](c1cn2ncc([C@@H](NS(=O)C(C)(C)C)C3(C#N)CC3)cc2n1)C1CCC(F)(F)CC1. The maximum absolute atomic E-state index is 13.9. The zero-order chi connectivity index (χ0) is 28.8. The van der Waals surface area contributed by atoms with E-state index in [2.05, 4.69) is 21.2 Å². The van der Waals surface area contributed by atoms with Crippen molar-refractivity contribution in [1.82, 2.24) is 24.6 Å². The first kappa shape index (κ1) is 29.3. The standard InChI is InChI=1S/C27H38F2N6O3S/c1-24(2,3)38-23(36)33-21(17-7-9-27(28,29)10-8-17)19-15-35-20(32-19)13-18(14-31-35)22(26(16-30)11-12-26)34-39(37)25(4,5)6/h13-15,17,21-22,34H,7-12H2,1-6H3,(H,33,36)/t21-,22+,39?/m0/s1. The molecule has 3 atom stereocenters. The van der Waals surface area contributed by atoms with Crippen LogP contribution in [0.2, 0.25) is 0 Å². The first-order valence-corrected chi connectivity index (χ1v) is 14.5. The molecule has 1 amide bonds. The largest absolute Gasteiger partial charge is 0.444 e. The number of imidazole rings is 1. The van der Waals surface area contributed by atoms with E-state index in [1.165, 1.54) is 0 Å². The molecule has 4 rings (SSSR count). The Morgan fingerprint density at radius 1 is 1.21 bits per heavy atom. The van der Waals surface area contributed by atoms with Crippen LogP contribution in [0.1, 0.15) is 103 Å². The van der Waals surface area contributed by atoms with E-state index in [1.807, 2.05) is 20.8 Å². The number of carbonyl (C=O) groups is 1. The van der Waals surface area contributed by atoms with Gasteiger partial charge in [-0.15, -0.1) is 0 Å². The number of hydrogen-bond donors (Lipinski definition) is 2. The van der Waals surface area contributed by atoms with Crippen molar-refractivity contribution in [3.63, 3.8) is 0 Å². The number of aromatic nitrogens is 3. The van der Waals surface area contributed by atoms with Crippen LogP contribution in [0.25, 0.3) is 5.65 Å². The molecule has 0 radical (unpaired) electrons. The van der Waals surface area contributed by atoms with Gasteiger partial charge in [-0.05, 0) is 84.8 Å². The number of rotatable bonds is 7. The van der Waals surface area contributed by atoms with Gasteiger partial charge in [-0.3, -0.25) is 0 Å². The second-order valence-corrected chi connectivity index (χ2v) is 14.8. The van der Waals surface area contributed by atoms with Gasteiger partial charge in [0.1, 0.15) is 5.60 Å². The van der Waals surface area contributed by atoms with Crippen LogP contribution in [-0.4, -0.2) is 41.2 Å². The fourth-order valence-electron chi connectivity index (χ4n) is 4.86. The Bertz CT molecular complexity index is 1280. The zero-order valence-corrected chi connectivity index (χ0v) is 24.2. The molecule has 2 heterocycles. The van der Waals surface area contributed by atoms with Gasteiger partial charge in [0.2, 0.25) is 5.92 Å². The van der Waals surface area contributed by atoms with Gasteiger partial charge >= 0.3 is 6.09 Å². The Labute approximate surface area is 230 Å². The van der Waals surface area contributed by atoms with Gasteiger partial charge in [-0.1, -0.05) is 0 Å². The van der Waals surface area contributed by atoms with Gasteiger partial charge in [-0.2, -0.15) is 10.4 Å². The monoisotopic (exact) mass is 564 g/mol. The molecule has 2 aromatic rings. The number of nitrogens with zero attached hydrogens (tertiary/aromatic N) is 4. The topological polar surface area (TPSA) is 121 Å². The van der Waals surface area contributed by atoms with Crippen LogP contribution >= 0.6 is 0 Å². The predicted octanol–water partition coefficient (Wildman–Crippen LogP) is 5.52. The molecule has 2 aliphatic rings. The smallest absolute Gasteiger partial charge is 0.408 e. The van der Waals surface area contributed by atoms with Crippen molar-refractivity contribution in [3.8, 4) is 6.07 Å². The number of nitriles is 1. The van der Waals surface area contributed by atoms with E-state index in [1.54, 1.807) is 43.7 Å². The van der Waals surface area contributed by atoms with Crippen molar-refractivity contribution < 1.29 is 22.5 Å². The van der Waals surface area contributed by atoms with Crippen LogP contribution in [0.15, 0.2) is 18.5 Å². The number of fused-ring (bicyclic) bond motifs is 1. The summed E-state index contributed by atoms with van der Waals surface area (Å²) in [4.78, 5) is 17.4. The molecular weight excluding hydrogens is 526 g/mol. The average Bonchev–Trinajstić information content (AvgIpc) is 3.50. The lowest BCUT2D eigenvalue weighted by molar-refractivity contribution is -0.0500. The molecule has 39 heavy (non-hydrogen) atoms. The molecule has 2 aliphatic carbocycles. The van der Waals surface area contributed by atoms with Crippen molar-refractivity contribution in [1.29, 1.82) is 5.26 Å². The second kappa shape index (κ2) is 10.4. The lowest BCUT2D eigenvalue weighted by Crippen LogP contribution is -2.40. The highest BCUT2D eigenvalue weighted by Gasteiger charge is 2.52. The minimum absolute atomic E-state index is 0.231. The lowest BCUT2D eigenvalue weighted by Gasteiger charge is -2.33. The van der Waals surface area contributed by atoms with Crippen molar-refractivity contribution in [2.24, 2.45) is 11.3 Å². The van der Waals surface area contributed by atoms with Crippen LogP contribution in [0.4, 0.5) is 13.6 Å². The average molecular weight is 565 g/mol. The molecule has 12 heteroatoms. The summed E-state index contributed by atoms with van der Waals surface area (Å²) in [5.74, 6) is -2.96. The Kier molecular flexibility index (Phi) is 7.82. The maximum Gasteiger partial charge on any atom is 0.408 e. The number of alkyl halides is 2. The first-order chi connectivity index (χ1) is 18.0. The number of hydrogen-bond acceptors (Lipinski definition) is 6. The van der Waals surface area contributed by atoms with E-state index in [4.69, 9.17) is 9.72 Å². The summed E-state index contributed by atoms with van der Waals surface area (Å²) in [5.41, 5.74) is 0.250. The number of amides is 1. The van der Waals surface area contributed by atoms with Gasteiger partial charge in [-0.25, -0.2) is 32.0 Å². The molecule has 2 saturated carbocycles. The molecule has 214 valence electrons. The normalized spacial score (nSPS) is 21.5. The van der Waals surface area contributed by atoms with Gasteiger partial charge in [0, 0.05) is 12.8 Å². The third-order valence-electron chi connectivity index (χ3n) is 7.26. The number of alkyl carbamates (subject to hydrolysis) is 1. The Morgan fingerprint density at radius 2 is 1.85 bits per heavy atom. The zero-order valence-electron chi connectivity index (χ0n) is 23.4. The van der Waals surface area contributed by atoms with E-state index >= 15 is 0 Å². The first-order valence-electron chi connectivity index (χ1n) is 13.3. The molecule has 2 fully saturated rings. The number of carbonyl (C=O) groups excluding carboxylic acids is 1. The molecule has 1 unspecified atom stereocenters. The Balaban J connectivity index is 1.66. The van der Waals surface area contributed by atoms with Gasteiger partial charge < -0.3 is 10.1 Å². The molecule has 9 nitrogen and oxygen atoms in total. The number of nitrogens with one attached hydrogen (secondary N) is 2. The lowest BCUT2D eigenvalue weighted by atomic mass is 9.81. The highest BCUT2D eigenvalue weighted by Crippen LogP contribution is 2.54. The summed E-state index contributed by atoms with van der Waals surface area (Å²) in [6.07, 6.45) is 3.98. The fraction of sp³-hybridized carbons (Fsp3) is 0.704. The molecule has 2 aromatic heterocycles. The van der Waals surface area contributed by atoms with Crippen LogP contribution in [0.3, 0.4) is 0 Å². The van der Waals surface area contributed by atoms with Crippen LogP contribution in [0.5, 0.6) is 0 Å². The Morgan fingerprint density at radius 3 is 2.38 bits per heavy atom. The minimum atomic E-state index is -2.71. The predicted molar refractivity (Wildman–Crippen MR) is 143 cm³/mol. The molecule has 0 spiro atoms.